The van der Waals surface area contributed by atoms with Gasteiger partial charge < -0.3 is 24.8 Å². The third-order valence-electron chi connectivity index (χ3n) is 6.29. The topological polar surface area (TPSA) is 113 Å². The Morgan fingerprint density at radius 2 is 2.00 bits per heavy atom. The molecule has 2 rings (SSSR count). The summed E-state index contributed by atoms with van der Waals surface area (Å²) in [5.74, 6) is -1.16. The zero-order chi connectivity index (χ0) is 20.2. The lowest BCUT2D eigenvalue weighted by atomic mass is 9.75. The summed E-state index contributed by atoms with van der Waals surface area (Å²) in [6.07, 6.45) is 2.49. The van der Waals surface area contributed by atoms with Crippen LogP contribution in [0.2, 0.25) is 0 Å². The maximum Gasteiger partial charge on any atom is 0.311 e. The third kappa shape index (κ3) is 5.65. The molecule has 2 saturated heterocycles. The summed E-state index contributed by atoms with van der Waals surface area (Å²) < 4.78 is 11.8. The van der Waals surface area contributed by atoms with Gasteiger partial charge in [0.05, 0.1) is 42.4 Å². The molecule has 0 amide bonds. The largest absolute Gasteiger partial charge is 0.481 e. The predicted octanol–water partition coefficient (Wildman–Crippen LogP) is 2.27. The maximum atomic E-state index is 12.3. The van der Waals surface area contributed by atoms with Crippen molar-refractivity contribution >= 4 is 11.9 Å². The lowest BCUT2D eigenvalue weighted by Gasteiger charge is -2.34. The lowest BCUT2D eigenvalue weighted by molar-refractivity contribution is -0.157. The van der Waals surface area contributed by atoms with Crippen LogP contribution in [0.25, 0.3) is 0 Å². The Labute approximate surface area is 161 Å². The second-order valence-electron chi connectivity index (χ2n) is 8.79. The first kappa shape index (κ1) is 22.1. The van der Waals surface area contributed by atoms with Crippen LogP contribution in [0, 0.1) is 11.3 Å². The number of ether oxygens (including phenoxy) is 2. The molecule has 2 bridgehead atoms. The normalized spacial score (nSPS) is 29.5. The minimum atomic E-state index is -1.08. The Hall–Kier alpha value is -1.18. The second kappa shape index (κ2) is 8.88. The van der Waals surface area contributed by atoms with E-state index in [4.69, 9.17) is 14.6 Å². The van der Waals surface area contributed by atoms with Crippen molar-refractivity contribution in [2.24, 2.45) is 11.3 Å². The van der Waals surface area contributed by atoms with Crippen LogP contribution < -0.4 is 0 Å². The predicted molar refractivity (Wildman–Crippen MR) is 98.1 cm³/mol. The van der Waals surface area contributed by atoms with E-state index in [1.165, 1.54) is 0 Å². The SMILES string of the molecule is CCC(C)(C)C(=O)OC[C@H]1C[C@@H]2CC[C@@]1(CC[C@@H](O)C[C@@H](O)CC(=O)O)O2. The summed E-state index contributed by atoms with van der Waals surface area (Å²) in [6.45, 7) is 6.04. The number of esters is 1. The van der Waals surface area contributed by atoms with E-state index in [2.05, 4.69) is 0 Å². The van der Waals surface area contributed by atoms with Crippen molar-refractivity contribution in [3.05, 3.63) is 0 Å². The number of rotatable bonds is 11. The fraction of sp³-hybridized carbons (Fsp3) is 0.900. The van der Waals surface area contributed by atoms with Crippen molar-refractivity contribution in [1.82, 2.24) is 0 Å². The highest BCUT2D eigenvalue weighted by molar-refractivity contribution is 5.75. The molecule has 0 aromatic rings. The first-order valence-corrected chi connectivity index (χ1v) is 10.0. The number of fused-ring (bicyclic) bond motifs is 2. The first-order chi connectivity index (χ1) is 12.6. The minimum absolute atomic E-state index is 0.0378. The Morgan fingerprint density at radius 1 is 1.30 bits per heavy atom. The Balaban J connectivity index is 1.86. The van der Waals surface area contributed by atoms with Gasteiger partial charge in [0, 0.05) is 5.92 Å². The number of hydrogen-bond acceptors (Lipinski definition) is 6. The summed E-state index contributed by atoms with van der Waals surface area (Å²) in [6, 6.07) is 0. The molecule has 2 fully saturated rings. The molecule has 27 heavy (non-hydrogen) atoms. The van der Waals surface area contributed by atoms with Gasteiger partial charge in [-0.3, -0.25) is 9.59 Å². The molecule has 0 saturated carbocycles. The van der Waals surface area contributed by atoms with Gasteiger partial charge in [-0.2, -0.15) is 0 Å². The minimum Gasteiger partial charge on any atom is -0.481 e. The summed E-state index contributed by atoms with van der Waals surface area (Å²) in [7, 11) is 0. The Morgan fingerprint density at radius 3 is 2.59 bits per heavy atom. The number of hydrogen-bond donors (Lipinski definition) is 3. The molecule has 7 nitrogen and oxygen atoms in total. The summed E-state index contributed by atoms with van der Waals surface area (Å²) in [5, 5.41) is 28.5. The van der Waals surface area contributed by atoms with Gasteiger partial charge in [-0.15, -0.1) is 0 Å². The molecule has 5 atom stereocenters. The van der Waals surface area contributed by atoms with Gasteiger partial charge in [0.1, 0.15) is 0 Å². The van der Waals surface area contributed by atoms with E-state index in [-0.39, 0.29) is 36.4 Å². The molecule has 7 heteroatoms. The molecule has 2 aliphatic heterocycles. The number of carbonyl (C=O) groups excluding carboxylic acids is 1. The maximum absolute atomic E-state index is 12.3. The molecule has 0 unspecified atom stereocenters. The molecule has 156 valence electrons. The smallest absolute Gasteiger partial charge is 0.311 e. The average Bonchev–Trinajstić information content (AvgIpc) is 3.15. The Kier molecular flexibility index (Phi) is 7.27. The van der Waals surface area contributed by atoms with Gasteiger partial charge in [-0.1, -0.05) is 6.92 Å². The standard InChI is InChI=1S/C20H34O7/c1-4-19(2,3)18(25)26-12-13-9-16-6-8-20(13,27-16)7-5-14(21)10-15(22)11-17(23)24/h13-16,21-22H,4-12H2,1-3H3,(H,23,24)/t13-,14-,15-,16+,20-/m1/s1. The van der Waals surface area contributed by atoms with E-state index in [9.17, 15) is 19.8 Å². The van der Waals surface area contributed by atoms with Gasteiger partial charge in [0.25, 0.3) is 0 Å². The van der Waals surface area contributed by atoms with Crippen LogP contribution in [0.4, 0.5) is 0 Å². The number of aliphatic hydroxyl groups is 2. The molecule has 0 spiro atoms. The molecular weight excluding hydrogens is 352 g/mol. The molecule has 0 aromatic heterocycles. The molecule has 2 heterocycles. The van der Waals surface area contributed by atoms with Crippen molar-refractivity contribution < 1.29 is 34.4 Å². The second-order valence-corrected chi connectivity index (χ2v) is 8.79. The van der Waals surface area contributed by atoms with Gasteiger partial charge in [0.15, 0.2) is 0 Å². The zero-order valence-corrected chi connectivity index (χ0v) is 16.6. The fourth-order valence-corrected chi connectivity index (χ4v) is 4.11. The van der Waals surface area contributed by atoms with Crippen LogP contribution in [0.15, 0.2) is 0 Å². The van der Waals surface area contributed by atoms with Gasteiger partial charge in [-0.05, 0) is 58.8 Å². The van der Waals surface area contributed by atoms with Crippen LogP contribution in [0.5, 0.6) is 0 Å². The van der Waals surface area contributed by atoms with Crippen molar-refractivity contribution in [3.8, 4) is 0 Å². The summed E-state index contributed by atoms with van der Waals surface area (Å²) >= 11 is 0. The van der Waals surface area contributed by atoms with Crippen molar-refractivity contribution in [3.63, 3.8) is 0 Å². The number of aliphatic carboxylic acids is 1. The average molecular weight is 386 g/mol. The highest BCUT2D eigenvalue weighted by Gasteiger charge is 2.53. The molecule has 2 aliphatic rings. The number of carboxylic acids is 1. The van der Waals surface area contributed by atoms with Crippen molar-refractivity contribution in [2.45, 2.75) is 96.1 Å². The van der Waals surface area contributed by atoms with Gasteiger partial charge >= 0.3 is 11.9 Å². The highest BCUT2D eigenvalue weighted by atomic mass is 16.5. The van der Waals surface area contributed by atoms with Crippen LogP contribution in [0.3, 0.4) is 0 Å². The number of aliphatic hydroxyl groups excluding tert-OH is 2. The van der Waals surface area contributed by atoms with E-state index in [1.807, 2.05) is 20.8 Å². The van der Waals surface area contributed by atoms with Crippen molar-refractivity contribution in [1.29, 1.82) is 0 Å². The monoisotopic (exact) mass is 386 g/mol. The number of carbonyl (C=O) groups is 2. The summed E-state index contributed by atoms with van der Waals surface area (Å²) in [5.41, 5.74) is -0.887. The van der Waals surface area contributed by atoms with E-state index < -0.39 is 23.6 Å². The van der Waals surface area contributed by atoms with E-state index >= 15 is 0 Å². The zero-order valence-electron chi connectivity index (χ0n) is 16.6. The van der Waals surface area contributed by atoms with E-state index in [1.54, 1.807) is 0 Å². The molecule has 0 aliphatic carbocycles. The Bertz CT molecular complexity index is 532. The molecule has 0 radical (unpaired) electrons. The summed E-state index contributed by atoms with van der Waals surface area (Å²) in [4.78, 5) is 22.9. The van der Waals surface area contributed by atoms with Crippen LogP contribution in [-0.4, -0.2) is 57.8 Å². The molecule has 0 aromatic carbocycles. The van der Waals surface area contributed by atoms with Crippen LogP contribution >= 0.6 is 0 Å². The van der Waals surface area contributed by atoms with E-state index in [0.29, 0.717) is 25.9 Å². The van der Waals surface area contributed by atoms with E-state index in [0.717, 1.165) is 19.3 Å². The molecule has 3 N–H and O–H groups in total. The van der Waals surface area contributed by atoms with Crippen LogP contribution in [-0.2, 0) is 19.1 Å². The molecular formula is C20H34O7. The first-order valence-electron chi connectivity index (χ1n) is 10.0. The number of carboxylic acid groups (broad SMARTS) is 1. The quantitative estimate of drug-likeness (QED) is 0.467. The third-order valence-corrected chi connectivity index (χ3v) is 6.29. The van der Waals surface area contributed by atoms with Gasteiger partial charge in [-0.25, -0.2) is 0 Å². The lowest BCUT2D eigenvalue weighted by Crippen LogP contribution is -2.39. The highest BCUT2D eigenvalue weighted by Crippen LogP contribution is 2.50. The van der Waals surface area contributed by atoms with Crippen LogP contribution in [0.1, 0.15) is 72.1 Å². The fourth-order valence-electron chi connectivity index (χ4n) is 4.11. The van der Waals surface area contributed by atoms with Gasteiger partial charge in [0.2, 0.25) is 0 Å². The van der Waals surface area contributed by atoms with Crippen molar-refractivity contribution in [2.75, 3.05) is 6.61 Å².